The molecule has 0 radical (unpaired) electrons. The van der Waals surface area contributed by atoms with Crippen LogP contribution in [0.3, 0.4) is 0 Å². The highest BCUT2D eigenvalue weighted by Crippen LogP contribution is 2.23. The first kappa shape index (κ1) is 26.4. The zero-order valence-electron chi connectivity index (χ0n) is 21.4. The molecule has 4 rings (SSSR count). The first-order valence-corrected chi connectivity index (χ1v) is 13.7. The summed E-state index contributed by atoms with van der Waals surface area (Å²) in [5.74, 6) is 0.686. The zero-order valence-corrected chi connectivity index (χ0v) is 22.2. The maximum atomic E-state index is 13.0. The van der Waals surface area contributed by atoms with E-state index >= 15 is 0 Å². The summed E-state index contributed by atoms with van der Waals surface area (Å²) in [5, 5.41) is 0. The molecule has 0 spiro atoms. The number of aryl methyl sites for hydroxylation is 2. The Bertz CT molecular complexity index is 1400. The summed E-state index contributed by atoms with van der Waals surface area (Å²) in [7, 11) is -1.91. The van der Waals surface area contributed by atoms with E-state index in [1.807, 2.05) is 43.3 Å². The number of nitrogens with zero attached hydrogens (tertiary/aromatic N) is 2. The number of carbonyl (C=O) groups is 1. The third-order valence-electron chi connectivity index (χ3n) is 6.46. The van der Waals surface area contributed by atoms with Gasteiger partial charge in [0.1, 0.15) is 5.75 Å². The maximum Gasteiger partial charge on any atom is 0.246 e. The number of hydrogen-bond acceptors (Lipinski definition) is 4. The molecule has 1 heterocycles. The topological polar surface area (TPSA) is 66.9 Å². The number of carbonyl (C=O) groups excluding carboxylic acids is 1. The number of hydrogen-bond donors (Lipinski definition) is 0. The van der Waals surface area contributed by atoms with Gasteiger partial charge in [0, 0.05) is 32.3 Å². The Morgan fingerprint density at radius 2 is 1.54 bits per heavy atom. The third kappa shape index (κ3) is 6.37. The summed E-state index contributed by atoms with van der Waals surface area (Å²) in [6.45, 7) is 5.35. The quantitative estimate of drug-likeness (QED) is 0.326. The Morgan fingerprint density at radius 3 is 2.19 bits per heavy atom. The third-order valence-corrected chi connectivity index (χ3v) is 8.37. The van der Waals surface area contributed by atoms with Gasteiger partial charge in [0.2, 0.25) is 15.9 Å². The van der Waals surface area contributed by atoms with Crippen molar-refractivity contribution in [3.05, 3.63) is 101 Å². The van der Waals surface area contributed by atoms with E-state index in [0.717, 1.165) is 33.6 Å². The van der Waals surface area contributed by atoms with Crippen LogP contribution in [0.2, 0.25) is 0 Å². The van der Waals surface area contributed by atoms with E-state index in [4.69, 9.17) is 4.74 Å². The molecule has 0 unspecified atom stereocenters. The Labute approximate surface area is 219 Å². The minimum absolute atomic E-state index is 0.123. The number of piperazine rings is 1. The molecule has 0 N–H and O–H groups in total. The number of rotatable bonds is 7. The van der Waals surface area contributed by atoms with Crippen LogP contribution in [-0.4, -0.2) is 56.8 Å². The molecule has 1 amide bonds. The molecule has 7 heteroatoms. The Hall–Kier alpha value is -3.68. The van der Waals surface area contributed by atoms with Crippen molar-refractivity contribution in [1.82, 2.24) is 9.21 Å². The number of benzene rings is 3. The van der Waals surface area contributed by atoms with Gasteiger partial charge in [-0.25, -0.2) is 8.42 Å². The van der Waals surface area contributed by atoms with Crippen LogP contribution >= 0.6 is 0 Å². The van der Waals surface area contributed by atoms with Gasteiger partial charge >= 0.3 is 0 Å². The highest BCUT2D eigenvalue weighted by Gasteiger charge is 2.29. The first-order valence-electron chi connectivity index (χ1n) is 12.2. The lowest BCUT2D eigenvalue weighted by molar-refractivity contribution is -0.127. The fourth-order valence-electron chi connectivity index (χ4n) is 4.43. The van der Waals surface area contributed by atoms with Crippen molar-refractivity contribution in [2.45, 2.75) is 18.7 Å². The smallest absolute Gasteiger partial charge is 0.246 e. The van der Waals surface area contributed by atoms with Gasteiger partial charge in [-0.1, -0.05) is 60.2 Å². The average Bonchev–Trinajstić information content (AvgIpc) is 2.92. The molecule has 3 aromatic rings. The second-order valence-electron chi connectivity index (χ2n) is 9.07. The molecule has 1 aliphatic heterocycles. The van der Waals surface area contributed by atoms with Crippen molar-refractivity contribution in [3.8, 4) is 5.75 Å². The van der Waals surface area contributed by atoms with Crippen LogP contribution in [0.4, 0.5) is 0 Å². The van der Waals surface area contributed by atoms with Gasteiger partial charge in [0.15, 0.2) is 0 Å². The van der Waals surface area contributed by atoms with Crippen molar-refractivity contribution < 1.29 is 17.9 Å². The molecule has 0 aliphatic carbocycles. The highest BCUT2D eigenvalue weighted by molar-refractivity contribution is 7.89. The Morgan fingerprint density at radius 1 is 0.865 bits per heavy atom. The van der Waals surface area contributed by atoms with Crippen molar-refractivity contribution in [2.24, 2.45) is 0 Å². The van der Waals surface area contributed by atoms with Crippen LogP contribution < -0.4 is 4.74 Å². The number of ether oxygens (including phenoxy) is 1. The molecule has 192 valence electrons. The Balaban J connectivity index is 1.45. The molecular formula is C30H32N2O4S. The normalized spacial score (nSPS) is 14.9. The zero-order chi connectivity index (χ0) is 26.4. The Kier molecular flexibility index (Phi) is 8.26. The van der Waals surface area contributed by atoms with Gasteiger partial charge in [-0.2, -0.15) is 4.31 Å². The van der Waals surface area contributed by atoms with Gasteiger partial charge in [-0.15, -0.1) is 0 Å². The largest absolute Gasteiger partial charge is 0.497 e. The number of methoxy groups -OCH3 is 1. The fraction of sp³-hybridized carbons (Fsp3) is 0.233. The van der Waals surface area contributed by atoms with Crippen molar-refractivity contribution in [2.75, 3.05) is 33.3 Å². The summed E-state index contributed by atoms with van der Waals surface area (Å²) in [6, 6.07) is 20.4. The van der Waals surface area contributed by atoms with Gasteiger partial charge in [-0.3, -0.25) is 4.79 Å². The molecule has 1 fully saturated rings. The van der Waals surface area contributed by atoms with Gasteiger partial charge in [0.25, 0.3) is 0 Å². The molecule has 0 saturated carbocycles. The predicted molar refractivity (Wildman–Crippen MR) is 149 cm³/mol. The summed E-state index contributed by atoms with van der Waals surface area (Å²) in [5.41, 5.74) is 5.28. The summed E-state index contributed by atoms with van der Waals surface area (Å²) in [6.07, 6.45) is 7.54. The maximum absolute atomic E-state index is 13.0. The van der Waals surface area contributed by atoms with E-state index in [9.17, 15) is 13.2 Å². The molecule has 1 saturated heterocycles. The lowest BCUT2D eigenvalue weighted by Crippen LogP contribution is -2.50. The minimum Gasteiger partial charge on any atom is -0.497 e. The highest BCUT2D eigenvalue weighted by atomic mass is 32.2. The van der Waals surface area contributed by atoms with Crippen LogP contribution in [0, 0.1) is 13.8 Å². The second-order valence-corrected chi connectivity index (χ2v) is 11.0. The van der Waals surface area contributed by atoms with E-state index in [1.54, 1.807) is 48.4 Å². The molecule has 37 heavy (non-hydrogen) atoms. The van der Waals surface area contributed by atoms with E-state index in [1.165, 1.54) is 4.31 Å². The monoisotopic (exact) mass is 516 g/mol. The number of amides is 1. The minimum atomic E-state index is -3.55. The molecule has 0 bridgehead atoms. The average molecular weight is 517 g/mol. The SMILES string of the molecule is COc1ccc(/C=C/c2cc(C)cc(C)c2/C=C/C(=O)N2CCN(S(=O)(=O)c3ccccc3)CC2)cc1. The first-order chi connectivity index (χ1) is 17.8. The lowest BCUT2D eigenvalue weighted by Gasteiger charge is -2.33. The van der Waals surface area contributed by atoms with Crippen molar-refractivity contribution >= 4 is 34.2 Å². The van der Waals surface area contributed by atoms with Gasteiger partial charge in [-0.05, 0) is 66.4 Å². The molecule has 1 aliphatic rings. The van der Waals surface area contributed by atoms with E-state index in [-0.39, 0.29) is 23.9 Å². The van der Waals surface area contributed by atoms with E-state index < -0.39 is 10.0 Å². The van der Waals surface area contributed by atoms with E-state index in [2.05, 4.69) is 25.1 Å². The van der Waals surface area contributed by atoms with Crippen LogP contribution in [0.25, 0.3) is 18.2 Å². The van der Waals surface area contributed by atoms with E-state index in [0.29, 0.717) is 13.1 Å². The molecule has 6 nitrogen and oxygen atoms in total. The molecule has 0 atom stereocenters. The van der Waals surface area contributed by atoms with Crippen molar-refractivity contribution in [3.63, 3.8) is 0 Å². The second kappa shape index (κ2) is 11.6. The van der Waals surface area contributed by atoms with Crippen molar-refractivity contribution in [1.29, 1.82) is 0 Å². The predicted octanol–water partition coefficient (Wildman–Crippen LogP) is 5.03. The molecular weight excluding hydrogens is 484 g/mol. The van der Waals surface area contributed by atoms with Crippen LogP contribution in [0.15, 0.2) is 77.7 Å². The molecule has 0 aromatic heterocycles. The fourth-order valence-corrected chi connectivity index (χ4v) is 5.87. The summed E-state index contributed by atoms with van der Waals surface area (Å²) in [4.78, 5) is 14.9. The molecule has 3 aromatic carbocycles. The van der Waals surface area contributed by atoms with Gasteiger partial charge in [0.05, 0.1) is 12.0 Å². The van der Waals surface area contributed by atoms with Gasteiger partial charge < -0.3 is 9.64 Å². The van der Waals surface area contributed by atoms with Crippen LogP contribution in [0.1, 0.15) is 27.8 Å². The van der Waals surface area contributed by atoms with Crippen LogP contribution in [-0.2, 0) is 14.8 Å². The summed E-state index contributed by atoms with van der Waals surface area (Å²) < 4.78 is 32.4. The lowest BCUT2D eigenvalue weighted by atomic mass is 9.97. The van der Waals surface area contributed by atoms with Crippen LogP contribution in [0.5, 0.6) is 5.75 Å². The number of sulfonamides is 1. The standard InChI is InChI=1S/C30H32N2O4S/c1-23-21-24(2)29(26(22-23)12-9-25-10-13-27(36-3)14-11-25)15-16-30(33)31-17-19-32(20-18-31)37(34,35)28-7-5-4-6-8-28/h4-16,21-22H,17-20H2,1-3H3/b12-9+,16-15+. The summed E-state index contributed by atoms with van der Waals surface area (Å²) >= 11 is 0.